The molecule has 2 aromatic carbocycles. The number of anilines is 1. The first kappa shape index (κ1) is 22.6. The highest BCUT2D eigenvalue weighted by atomic mass is 32.2. The lowest BCUT2D eigenvalue weighted by molar-refractivity contribution is -0.115. The van der Waals surface area contributed by atoms with E-state index >= 15 is 0 Å². The minimum atomic E-state index is -0.0279. The summed E-state index contributed by atoms with van der Waals surface area (Å²) in [6, 6.07) is 15.9. The van der Waals surface area contributed by atoms with Crippen LogP contribution >= 0.6 is 11.8 Å². The van der Waals surface area contributed by atoms with Gasteiger partial charge in [0, 0.05) is 30.8 Å². The molecule has 0 spiro atoms. The number of benzene rings is 2. The van der Waals surface area contributed by atoms with Crippen molar-refractivity contribution in [1.29, 1.82) is 0 Å². The van der Waals surface area contributed by atoms with Gasteiger partial charge in [0.15, 0.2) is 5.16 Å². The summed E-state index contributed by atoms with van der Waals surface area (Å²) >= 11 is 1.54. The number of hydrogen-bond donors (Lipinski definition) is 1. The number of hydrogen-bond acceptors (Lipinski definition) is 5. The van der Waals surface area contributed by atoms with Gasteiger partial charge in [-0.25, -0.2) is 0 Å². The topological polar surface area (TPSA) is 69.0 Å². The van der Waals surface area contributed by atoms with Crippen LogP contribution < -0.4 is 10.1 Å². The van der Waals surface area contributed by atoms with Gasteiger partial charge in [-0.3, -0.25) is 4.79 Å². The Kier molecular flexibility index (Phi) is 8.29. The van der Waals surface area contributed by atoms with Crippen molar-refractivity contribution in [2.45, 2.75) is 37.9 Å². The molecular weight excluding hydrogens is 408 g/mol. The fraction of sp³-hybridized carbons (Fsp3) is 0.292. The van der Waals surface area contributed by atoms with E-state index in [4.69, 9.17) is 4.74 Å². The number of allylic oxidation sites excluding steroid dienone is 1. The second-order valence-electron chi connectivity index (χ2n) is 7.11. The zero-order valence-corrected chi connectivity index (χ0v) is 18.8. The maximum absolute atomic E-state index is 12.4. The molecule has 3 aromatic rings. The SMILES string of the molecule is C=CCn1c(CCc2ccccc2)nnc1SCCC(=O)Nc1ccc(OC)cc1C. The first-order valence-corrected chi connectivity index (χ1v) is 11.2. The van der Waals surface area contributed by atoms with Crippen LogP contribution in [0.2, 0.25) is 0 Å². The van der Waals surface area contributed by atoms with E-state index in [2.05, 4.69) is 38.8 Å². The van der Waals surface area contributed by atoms with Gasteiger partial charge in [0.2, 0.25) is 5.91 Å². The molecule has 1 heterocycles. The minimum absolute atomic E-state index is 0.0279. The minimum Gasteiger partial charge on any atom is -0.497 e. The number of amides is 1. The fourth-order valence-electron chi connectivity index (χ4n) is 3.18. The Morgan fingerprint density at radius 1 is 1.19 bits per heavy atom. The number of methoxy groups -OCH3 is 1. The summed E-state index contributed by atoms with van der Waals surface area (Å²) in [6.45, 7) is 6.45. The molecule has 0 aliphatic heterocycles. The third-order valence-electron chi connectivity index (χ3n) is 4.85. The summed E-state index contributed by atoms with van der Waals surface area (Å²) in [5.41, 5.74) is 3.04. The summed E-state index contributed by atoms with van der Waals surface area (Å²) in [5, 5.41) is 12.5. The van der Waals surface area contributed by atoms with Crippen molar-refractivity contribution in [3.8, 4) is 5.75 Å². The number of carbonyl (C=O) groups excluding carboxylic acids is 1. The van der Waals surface area contributed by atoms with Crippen molar-refractivity contribution in [1.82, 2.24) is 14.8 Å². The number of aryl methyl sites for hydroxylation is 3. The molecule has 0 radical (unpaired) electrons. The Hall–Kier alpha value is -3.06. The molecule has 0 aliphatic carbocycles. The van der Waals surface area contributed by atoms with Crippen LogP contribution in [0.5, 0.6) is 5.75 Å². The van der Waals surface area contributed by atoms with Gasteiger partial charge >= 0.3 is 0 Å². The van der Waals surface area contributed by atoms with Crippen molar-refractivity contribution < 1.29 is 9.53 Å². The lowest BCUT2D eigenvalue weighted by atomic mass is 10.1. The Morgan fingerprint density at radius 3 is 2.71 bits per heavy atom. The third kappa shape index (κ3) is 6.46. The van der Waals surface area contributed by atoms with Crippen molar-refractivity contribution >= 4 is 23.4 Å². The molecule has 3 rings (SSSR count). The van der Waals surface area contributed by atoms with Crippen LogP contribution in [-0.2, 0) is 24.2 Å². The van der Waals surface area contributed by atoms with E-state index in [1.807, 2.05) is 49.4 Å². The number of aromatic nitrogens is 3. The smallest absolute Gasteiger partial charge is 0.225 e. The Balaban J connectivity index is 1.54. The molecule has 0 aliphatic rings. The average molecular weight is 437 g/mol. The number of nitrogens with zero attached hydrogens (tertiary/aromatic N) is 3. The van der Waals surface area contributed by atoms with Gasteiger partial charge in [-0.1, -0.05) is 48.2 Å². The zero-order chi connectivity index (χ0) is 22.1. The molecule has 0 unspecified atom stereocenters. The molecular formula is C24H28N4O2S. The fourth-order valence-corrected chi connectivity index (χ4v) is 4.08. The van der Waals surface area contributed by atoms with Gasteiger partial charge in [0.1, 0.15) is 11.6 Å². The summed E-state index contributed by atoms with van der Waals surface area (Å²) < 4.78 is 7.28. The van der Waals surface area contributed by atoms with Crippen LogP contribution in [0, 0.1) is 6.92 Å². The highest BCUT2D eigenvalue weighted by molar-refractivity contribution is 7.99. The van der Waals surface area contributed by atoms with Gasteiger partial charge < -0.3 is 14.6 Å². The van der Waals surface area contributed by atoms with Crippen molar-refractivity contribution in [2.24, 2.45) is 0 Å². The molecule has 1 aromatic heterocycles. The lowest BCUT2D eigenvalue weighted by Gasteiger charge is -2.10. The van der Waals surface area contributed by atoms with Gasteiger partial charge in [0.25, 0.3) is 0 Å². The lowest BCUT2D eigenvalue weighted by Crippen LogP contribution is -2.13. The largest absolute Gasteiger partial charge is 0.497 e. The predicted octanol–water partition coefficient (Wildman–Crippen LogP) is 4.69. The monoisotopic (exact) mass is 436 g/mol. The highest BCUT2D eigenvalue weighted by Gasteiger charge is 2.13. The Morgan fingerprint density at radius 2 is 2.00 bits per heavy atom. The number of rotatable bonds is 11. The Labute approximate surface area is 187 Å². The van der Waals surface area contributed by atoms with E-state index in [1.54, 1.807) is 7.11 Å². The van der Waals surface area contributed by atoms with Crippen molar-refractivity contribution in [3.05, 3.63) is 78.1 Å². The molecule has 31 heavy (non-hydrogen) atoms. The summed E-state index contributed by atoms with van der Waals surface area (Å²) in [6.07, 6.45) is 3.95. The molecule has 0 bridgehead atoms. The second-order valence-corrected chi connectivity index (χ2v) is 8.17. The second kappa shape index (κ2) is 11.4. The average Bonchev–Trinajstić information content (AvgIpc) is 3.16. The van der Waals surface area contributed by atoms with Crippen LogP contribution in [0.4, 0.5) is 5.69 Å². The van der Waals surface area contributed by atoms with Crippen LogP contribution in [-0.4, -0.2) is 33.5 Å². The van der Waals surface area contributed by atoms with E-state index in [0.717, 1.165) is 40.8 Å². The van der Waals surface area contributed by atoms with Crippen molar-refractivity contribution in [3.63, 3.8) is 0 Å². The first-order valence-electron chi connectivity index (χ1n) is 10.2. The number of nitrogens with one attached hydrogen (secondary N) is 1. The normalized spacial score (nSPS) is 10.6. The van der Waals surface area contributed by atoms with Crippen LogP contribution in [0.15, 0.2) is 66.3 Å². The predicted molar refractivity (Wildman–Crippen MR) is 126 cm³/mol. The molecule has 0 saturated carbocycles. The van der Waals surface area contributed by atoms with Gasteiger partial charge in [0.05, 0.1) is 7.11 Å². The van der Waals surface area contributed by atoms with Gasteiger partial charge in [-0.15, -0.1) is 16.8 Å². The maximum Gasteiger partial charge on any atom is 0.225 e. The molecule has 7 heteroatoms. The van der Waals surface area contributed by atoms with E-state index in [9.17, 15) is 4.79 Å². The number of carbonyl (C=O) groups is 1. The van der Waals surface area contributed by atoms with E-state index < -0.39 is 0 Å². The summed E-state index contributed by atoms with van der Waals surface area (Å²) in [7, 11) is 1.63. The Bertz CT molecular complexity index is 1020. The number of thioether (sulfide) groups is 1. The van der Waals surface area contributed by atoms with Crippen LogP contribution in [0.3, 0.4) is 0 Å². The highest BCUT2D eigenvalue weighted by Crippen LogP contribution is 2.22. The maximum atomic E-state index is 12.4. The standard InChI is InChI=1S/C24H28N4O2S/c1-4-15-28-22(13-10-19-8-6-5-7-9-19)26-27-24(28)31-16-14-23(29)25-21-12-11-20(30-3)17-18(21)2/h4-9,11-12,17H,1,10,13-16H2,2-3H3,(H,25,29). The summed E-state index contributed by atoms with van der Waals surface area (Å²) in [4.78, 5) is 12.4. The summed E-state index contributed by atoms with van der Waals surface area (Å²) in [5.74, 6) is 2.30. The van der Waals surface area contributed by atoms with E-state index in [1.165, 1.54) is 17.3 Å². The third-order valence-corrected chi connectivity index (χ3v) is 5.82. The van der Waals surface area contributed by atoms with Crippen LogP contribution in [0.1, 0.15) is 23.4 Å². The van der Waals surface area contributed by atoms with Gasteiger partial charge in [-0.05, 0) is 42.7 Å². The van der Waals surface area contributed by atoms with E-state index in [-0.39, 0.29) is 5.91 Å². The molecule has 6 nitrogen and oxygen atoms in total. The molecule has 1 N–H and O–H groups in total. The quantitative estimate of drug-likeness (QED) is 0.349. The molecule has 1 amide bonds. The molecule has 0 atom stereocenters. The molecule has 0 fully saturated rings. The van der Waals surface area contributed by atoms with E-state index in [0.29, 0.717) is 18.7 Å². The first-order chi connectivity index (χ1) is 15.1. The van der Waals surface area contributed by atoms with Crippen molar-refractivity contribution in [2.75, 3.05) is 18.2 Å². The molecule has 162 valence electrons. The molecule has 0 saturated heterocycles. The van der Waals surface area contributed by atoms with Gasteiger partial charge in [-0.2, -0.15) is 0 Å². The van der Waals surface area contributed by atoms with Crippen LogP contribution in [0.25, 0.3) is 0 Å². The zero-order valence-electron chi connectivity index (χ0n) is 18.0. The number of ether oxygens (including phenoxy) is 1.